The number of rotatable bonds is 8. The highest BCUT2D eigenvalue weighted by Crippen LogP contribution is 2.52. The second-order valence-corrected chi connectivity index (χ2v) is 14.8. The molecule has 236 valence electrons. The number of hydrazine groups is 2. The van der Waals surface area contributed by atoms with Gasteiger partial charge >= 0.3 is 0 Å². The summed E-state index contributed by atoms with van der Waals surface area (Å²) in [6.07, 6.45) is 7.64. The molecule has 1 saturated heterocycles. The monoisotopic (exact) mass is 706 g/mol. The van der Waals surface area contributed by atoms with Gasteiger partial charge in [-0.2, -0.15) is 5.26 Å². The molecule has 0 radical (unpaired) electrons. The van der Waals surface area contributed by atoms with E-state index in [2.05, 4.69) is 62.6 Å². The second-order valence-electron chi connectivity index (χ2n) is 11.5. The van der Waals surface area contributed by atoms with E-state index in [-0.39, 0.29) is 21.3 Å². The minimum Gasteiger partial charge on any atom is -0.376 e. The molecule has 0 saturated carbocycles. The van der Waals surface area contributed by atoms with Crippen molar-refractivity contribution in [3.05, 3.63) is 80.3 Å². The van der Waals surface area contributed by atoms with Gasteiger partial charge in [-0.3, -0.25) is 9.99 Å². The summed E-state index contributed by atoms with van der Waals surface area (Å²) in [5.74, 6) is -0.539. The number of hydrogen-bond donors (Lipinski definition) is 4. The van der Waals surface area contributed by atoms with Gasteiger partial charge < -0.3 is 21.0 Å². The third kappa shape index (κ3) is 6.50. The molecule has 45 heavy (non-hydrogen) atoms. The molecule has 6 rings (SSSR count). The summed E-state index contributed by atoms with van der Waals surface area (Å²) in [6, 6.07) is 10.1. The molecule has 3 atom stereocenters. The van der Waals surface area contributed by atoms with Crippen LogP contribution >= 0.6 is 58.2 Å². The number of aromatic nitrogens is 1. The van der Waals surface area contributed by atoms with Crippen LogP contribution in [0.2, 0.25) is 10.0 Å². The fourth-order valence-electron chi connectivity index (χ4n) is 6.00. The molecule has 14 heteroatoms. The molecule has 1 aromatic heterocycles. The van der Waals surface area contributed by atoms with Crippen LogP contribution in [-0.4, -0.2) is 51.3 Å². The number of nitrogens with one attached hydrogen (secondary N) is 4. The number of pyridine rings is 1. The molecule has 3 aromatic rings. The number of alkyl halides is 1. The van der Waals surface area contributed by atoms with Crippen LogP contribution in [-0.2, 0) is 0 Å². The SMILES string of the molecule is CCN1CCC(N2C=C([C@@H](Nc3cc(Cl)c4ncc(C#N)c(Nc5ccc(F)c(Cl)c5)c4c3)C3(C)C=C(Cl)SC3Cl)NN2)CC1. The average Bonchev–Trinajstić information content (AvgIpc) is 3.61. The average molecular weight is 709 g/mol. The van der Waals surface area contributed by atoms with E-state index < -0.39 is 11.2 Å². The van der Waals surface area contributed by atoms with Crippen molar-refractivity contribution in [1.82, 2.24) is 25.9 Å². The van der Waals surface area contributed by atoms with Crippen molar-refractivity contribution in [2.45, 2.75) is 43.5 Å². The maximum atomic E-state index is 13.9. The standard InChI is InChI=1S/C31H31Cl4FN8S/c1-3-43-8-6-20(7-9-43)44-16-25(41-42-44)29(31(2)13-26(34)45-30(31)35)40-19-10-21-27(39-18-4-5-24(36)22(32)11-18)17(14-37)15-38-28(21)23(33)12-19/h4-5,10-13,15-16,20,29-30,40-42H,3,6-9H2,1-2H3,(H,38,39)/t29-,30?,31?/m1/s1. The lowest BCUT2D eigenvalue weighted by atomic mass is 9.82. The van der Waals surface area contributed by atoms with Gasteiger partial charge in [0, 0.05) is 53.7 Å². The van der Waals surface area contributed by atoms with E-state index in [4.69, 9.17) is 46.4 Å². The Bertz CT molecular complexity index is 1720. The zero-order valence-electron chi connectivity index (χ0n) is 24.5. The largest absolute Gasteiger partial charge is 0.376 e. The van der Waals surface area contributed by atoms with E-state index in [1.54, 1.807) is 12.1 Å². The second kappa shape index (κ2) is 13.2. The fourth-order valence-corrected chi connectivity index (χ4v) is 8.54. The fraction of sp³-hybridized carbons (Fsp3) is 0.355. The molecule has 4 heterocycles. The van der Waals surface area contributed by atoms with E-state index >= 15 is 0 Å². The van der Waals surface area contributed by atoms with E-state index in [0.29, 0.717) is 43.4 Å². The topological polar surface area (TPSA) is 91.3 Å². The summed E-state index contributed by atoms with van der Waals surface area (Å²) >= 11 is 27.7. The number of fused-ring (bicyclic) bond motifs is 1. The Labute approximate surface area is 285 Å². The smallest absolute Gasteiger partial charge is 0.141 e. The predicted octanol–water partition coefficient (Wildman–Crippen LogP) is 8.13. The van der Waals surface area contributed by atoms with Gasteiger partial charge in [-0.1, -0.05) is 60.4 Å². The summed E-state index contributed by atoms with van der Waals surface area (Å²) in [5, 5.41) is 19.9. The third-order valence-corrected chi connectivity index (χ3v) is 11.4. The predicted molar refractivity (Wildman–Crippen MR) is 184 cm³/mol. The molecule has 4 N–H and O–H groups in total. The number of nitriles is 1. The number of piperidine rings is 1. The van der Waals surface area contributed by atoms with Crippen molar-refractivity contribution in [2.24, 2.45) is 5.41 Å². The van der Waals surface area contributed by atoms with Crippen molar-refractivity contribution >= 4 is 86.1 Å². The first-order valence-corrected chi connectivity index (χ1v) is 17.0. The van der Waals surface area contributed by atoms with Gasteiger partial charge in [0.25, 0.3) is 0 Å². The Kier molecular flexibility index (Phi) is 9.51. The summed E-state index contributed by atoms with van der Waals surface area (Å²) < 4.78 is 14.1. The van der Waals surface area contributed by atoms with E-state index in [1.165, 1.54) is 30.1 Å². The van der Waals surface area contributed by atoms with Crippen LogP contribution < -0.4 is 21.6 Å². The number of halogens is 5. The van der Waals surface area contributed by atoms with Crippen LogP contribution in [0.15, 0.2) is 58.9 Å². The van der Waals surface area contributed by atoms with Crippen LogP contribution in [0.1, 0.15) is 32.3 Å². The molecular formula is C31H31Cl4FN8S. The number of hydrogen-bond acceptors (Lipinski definition) is 9. The van der Waals surface area contributed by atoms with Crippen LogP contribution in [0, 0.1) is 22.6 Å². The normalized spacial score (nSPS) is 23.0. The molecular weight excluding hydrogens is 677 g/mol. The first kappa shape index (κ1) is 32.3. The molecule has 0 aliphatic carbocycles. The van der Waals surface area contributed by atoms with Gasteiger partial charge in [-0.25, -0.2) is 4.39 Å². The van der Waals surface area contributed by atoms with Crippen molar-refractivity contribution < 1.29 is 4.39 Å². The number of nitrogens with zero attached hydrogens (tertiary/aromatic N) is 4. The van der Waals surface area contributed by atoms with Crippen molar-refractivity contribution in [1.29, 1.82) is 5.26 Å². The molecule has 1 fully saturated rings. The molecule has 3 aliphatic rings. The van der Waals surface area contributed by atoms with E-state index in [1.807, 2.05) is 12.1 Å². The highest BCUT2D eigenvalue weighted by molar-refractivity contribution is 8.06. The van der Waals surface area contributed by atoms with Crippen LogP contribution in [0.4, 0.5) is 21.5 Å². The Morgan fingerprint density at radius 2 is 1.93 bits per heavy atom. The van der Waals surface area contributed by atoms with Crippen molar-refractivity contribution in [3.8, 4) is 6.07 Å². The maximum Gasteiger partial charge on any atom is 0.141 e. The first-order chi connectivity index (χ1) is 21.6. The highest BCUT2D eigenvalue weighted by Gasteiger charge is 2.47. The number of anilines is 3. The molecule has 2 aromatic carbocycles. The number of thioether (sulfide) groups is 1. The molecule has 0 spiro atoms. The van der Waals surface area contributed by atoms with Gasteiger partial charge in [-0.05, 0) is 55.8 Å². The minimum absolute atomic E-state index is 0.0407. The summed E-state index contributed by atoms with van der Waals surface area (Å²) in [5.41, 5.74) is 9.47. The van der Waals surface area contributed by atoms with Gasteiger partial charge in [-0.15, -0.1) is 17.1 Å². The maximum absolute atomic E-state index is 13.9. The Balaban J connectivity index is 1.38. The van der Waals surface area contributed by atoms with E-state index in [9.17, 15) is 9.65 Å². The van der Waals surface area contributed by atoms with Gasteiger partial charge in [0.2, 0.25) is 0 Å². The lowest BCUT2D eigenvalue weighted by Gasteiger charge is -2.36. The molecule has 0 bridgehead atoms. The van der Waals surface area contributed by atoms with Crippen LogP contribution in [0.5, 0.6) is 0 Å². The number of benzene rings is 2. The molecule has 3 aliphatic heterocycles. The van der Waals surface area contributed by atoms with Gasteiger partial charge in [0.05, 0.1) is 47.6 Å². The summed E-state index contributed by atoms with van der Waals surface area (Å²) in [4.78, 5) is 6.92. The van der Waals surface area contributed by atoms with Gasteiger partial charge in [0.15, 0.2) is 0 Å². The summed E-state index contributed by atoms with van der Waals surface area (Å²) in [7, 11) is 0. The lowest BCUT2D eigenvalue weighted by molar-refractivity contribution is 0.112. The Hall–Kier alpha value is -2.62. The van der Waals surface area contributed by atoms with Gasteiger partial charge in [0.1, 0.15) is 11.9 Å². The highest BCUT2D eigenvalue weighted by atomic mass is 35.5. The zero-order chi connectivity index (χ0) is 31.9. The summed E-state index contributed by atoms with van der Waals surface area (Å²) in [6.45, 7) is 7.42. The van der Waals surface area contributed by atoms with Crippen LogP contribution in [0.25, 0.3) is 10.9 Å². The zero-order valence-corrected chi connectivity index (χ0v) is 28.3. The van der Waals surface area contributed by atoms with E-state index in [0.717, 1.165) is 38.2 Å². The lowest BCUT2D eigenvalue weighted by Crippen LogP contribution is -2.50. The van der Waals surface area contributed by atoms with Crippen molar-refractivity contribution in [3.63, 3.8) is 0 Å². The Morgan fingerprint density at radius 1 is 1.18 bits per heavy atom. The quantitative estimate of drug-likeness (QED) is 0.173. The molecule has 8 nitrogen and oxygen atoms in total. The van der Waals surface area contributed by atoms with Crippen molar-refractivity contribution in [2.75, 3.05) is 30.3 Å². The molecule has 0 amide bonds. The Morgan fingerprint density at radius 3 is 2.60 bits per heavy atom. The first-order valence-electron chi connectivity index (χ1n) is 14.5. The minimum atomic E-state index is -0.606. The number of likely N-dealkylation sites (tertiary alicyclic amines) is 1. The van der Waals surface area contributed by atoms with Crippen LogP contribution in [0.3, 0.4) is 0 Å². The third-order valence-electron chi connectivity index (χ3n) is 8.61. The molecule has 2 unspecified atom stereocenters.